The zero-order chi connectivity index (χ0) is 25.3. The summed E-state index contributed by atoms with van der Waals surface area (Å²) in [6.07, 6.45) is 5.82. The first-order valence-electron chi connectivity index (χ1n) is 12.7. The molecule has 0 unspecified atom stereocenters. The van der Waals surface area contributed by atoms with E-state index in [-0.39, 0.29) is 5.91 Å². The van der Waals surface area contributed by atoms with Gasteiger partial charge in [-0.3, -0.25) is 14.7 Å². The van der Waals surface area contributed by atoms with Crippen LogP contribution in [0.1, 0.15) is 43.5 Å². The Hall–Kier alpha value is -3.29. The maximum Gasteiger partial charge on any atom is 0.238 e. The summed E-state index contributed by atoms with van der Waals surface area (Å²) in [5.74, 6) is 1.07. The van der Waals surface area contributed by atoms with Gasteiger partial charge < -0.3 is 15.0 Å². The number of aryl methyl sites for hydroxylation is 1. The standard InChI is InChI=1S/C29H35N5O2/c1-20-17-31-27(16-24(20)21-9-12-30-26(15-21)29(2,3)36-4)33-13-10-23(11-14-33)34-18-22-7-5-6-8-25(22)32-28(35)19-34/h5-9,12,15-17,23H,10-11,13-14,18-19H2,1-4H3,(H,32,35). The Labute approximate surface area is 213 Å². The number of hydrogen-bond donors (Lipinski definition) is 1. The number of carbonyl (C=O) groups excluding carboxylic acids is 1. The zero-order valence-electron chi connectivity index (χ0n) is 21.6. The second kappa shape index (κ2) is 9.99. The number of ether oxygens (including phenoxy) is 1. The molecule has 0 saturated carbocycles. The SMILES string of the molecule is COC(C)(C)c1cc(-c2cc(N3CCC(N4CC(=O)Nc5ccccc5C4)CC3)ncc2C)ccn1. The molecule has 4 heterocycles. The van der Waals surface area contributed by atoms with Crippen LogP contribution in [-0.4, -0.2) is 53.6 Å². The lowest BCUT2D eigenvalue weighted by Crippen LogP contribution is -2.46. The van der Waals surface area contributed by atoms with Gasteiger partial charge in [-0.1, -0.05) is 18.2 Å². The van der Waals surface area contributed by atoms with Gasteiger partial charge in [-0.15, -0.1) is 0 Å². The van der Waals surface area contributed by atoms with Crippen molar-refractivity contribution in [2.24, 2.45) is 0 Å². The molecule has 1 N–H and O–H groups in total. The first-order valence-corrected chi connectivity index (χ1v) is 12.7. The highest BCUT2D eigenvalue weighted by atomic mass is 16.5. The Morgan fingerprint density at radius 2 is 1.83 bits per heavy atom. The monoisotopic (exact) mass is 485 g/mol. The van der Waals surface area contributed by atoms with Gasteiger partial charge in [0, 0.05) is 50.9 Å². The Morgan fingerprint density at radius 3 is 2.61 bits per heavy atom. The van der Waals surface area contributed by atoms with E-state index >= 15 is 0 Å². The fraction of sp³-hybridized carbons (Fsp3) is 0.414. The molecule has 0 aliphatic carbocycles. The summed E-state index contributed by atoms with van der Waals surface area (Å²) in [4.78, 5) is 26.5. The van der Waals surface area contributed by atoms with Gasteiger partial charge in [-0.2, -0.15) is 0 Å². The van der Waals surface area contributed by atoms with E-state index < -0.39 is 5.60 Å². The maximum absolute atomic E-state index is 12.5. The van der Waals surface area contributed by atoms with Gasteiger partial charge in [-0.25, -0.2) is 4.98 Å². The summed E-state index contributed by atoms with van der Waals surface area (Å²) in [6, 6.07) is 14.9. The van der Waals surface area contributed by atoms with Crippen LogP contribution in [0.2, 0.25) is 0 Å². The van der Waals surface area contributed by atoms with Crippen LogP contribution in [0.4, 0.5) is 11.5 Å². The van der Waals surface area contributed by atoms with Gasteiger partial charge in [0.2, 0.25) is 5.91 Å². The Bertz CT molecular complexity index is 1250. The van der Waals surface area contributed by atoms with E-state index in [4.69, 9.17) is 9.72 Å². The lowest BCUT2D eigenvalue weighted by molar-refractivity contribution is -0.117. The quantitative estimate of drug-likeness (QED) is 0.562. The lowest BCUT2D eigenvalue weighted by Gasteiger charge is -2.38. The van der Waals surface area contributed by atoms with Crippen LogP contribution in [-0.2, 0) is 21.7 Å². The lowest BCUT2D eigenvalue weighted by atomic mass is 9.97. The summed E-state index contributed by atoms with van der Waals surface area (Å²) in [6.45, 7) is 9.23. The second-order valence-corrected chi connectivity index (χ2v) is 10.3. The molecule has 1 fully saturated rings. The van der Waals surface area contributed by atoms with Crippen molar-refractivity contribution in [3.8, 4) is 11.1 Å². The summed E-state index contributed by atoms with van der Waals surface area (Å²) >= 11 is 0. The predicted molar refractivity (Wildman–Crippen MR) is 143 cm³/mol. The number of nitrogens with zero attached hydrogens (tertiary/aromatic N) is 4. The summed E-state index contributed by atoms with van der Waals surface area (Å²) in [5.41, 5.74) is 6.00. The third kappa shape index (κ3) is 4.99. The van der Waals surface area contributed by atoms with Gasteiger partial charge in [0.05, 0.1) is 12.2 Å². The number of piperidine rings is 1. The van der Waals surface area contributed by atoms with Crippen LogP contribution in [0, 0.1) is 6.92 Å². The minimum atomic E-state index is -0.452. The number of amides is 1. The van der Waals surface area contributed by atoms with E-state index in [1.54, 1.807) is 7.11 Å². The van der Waals surface area contributed by atoms with E-state index in [2.05, 4.69) is 51.3 Å². The molecule has 2 aliphatic rings. The Kier molecular flexibility index (Phi) is 6.77. The molecule has 3 aromatic rings. The summed E-state index contributed by atoms with van der Waals surface area (Å²) in [7, 11) is 1.71. The highest BCUT2D eigenvalue weighted by Crippen LogP contribution is 2.32. The highest BCUT2D eigenvalue weighted by molar-refractivity contribution is 5.93. The van der Waals surface area contributed by atoms with Crippen LogP contribution in [0.15, 0.2) is 54.9 Å². The Morgan fingerprint density at radius 1 is 1.06 bits per heavy atom. The number of hydrogen-bond acceptors (Lipinski definition) is 6. The average molecular weight is 486 g/mol. The highest BCUT2D eigenvalue weighted by Gasteiger charge is 2.29. The van der Waals surface area contributed by atoms with Crippen molar-refractivity contribution in [3.05, 3.63) is 71.7 Å². The molecule has 0 bridgehead atoms. The number of fused-ring (bicyclic) bond motifs is 1. The molecular formula is C29H35N5O2. The minimum absolute atomic E-state index is 0.0700. The zero-order valence-corrected chi connectivity index (χ0v) is 21.6. The molecule has 1 saturated heterocycles. The normalized spacial score (nSPS) is 17.4. The van der Waals surface area contributed by atoms with Crippen molar-refractivity contribution < 1.29 is 9.53 Å². The second-order valence-electron chi connectivity index (χ2n) is 10.3. The van der Waals surface area contributed by atoms with E-state index in [1.165, 1.54) is 11.1 Å². The first kappa shape index (κ1) is 24.4. The van der Waals surface area contributed by atoms with Crippen molar-refractivity contribution in [2.45, 2.75) is 51.8 Å². The number of anilines is 2. The predicted octanol–water partition coefficient (Wildman–Crippen LogP) is 4.76. The number of methoxy groups -OCH3 is 1. The van der Waals surface area contributed by atoms with E-state index in [9.17, 15) is 4.79 Å². The van der Waals surface area contributed by atoms with Crippen LogP contribution in [0.25, 0.3) is 11.1 Å². The molecule has 0 spiro atoms. The molecule has 188 valence electrons. The molecule has 2 aliphatic heterocycles. The maximum atomic E-state index is 12.5. The van der Waals surface area contributed by atoms with Crippen molar-refractivity contribution in [2.75, 3.05) is 37.0 Å². The van der Waals surface area contributed by atoms with Crippen molar-refractivity contribution in [1.82, 2.24) is 14.9 Å². The molecule has 7 heteroatoms. The smallest absolute Gasteiger partial charge is 0.238 e. The molecule has 5 rings (SSSR count). The fourth-order valence-corrected chi connectivity index (χ4v) is 5.18. The molecular weight excluding hydrogens is 450 g/mol. The molecule has 1 amide bonds. The molecule has 0 atom stereocenters. The van der Waals surface area contributed by atoms with Crippen LogP contribution < -0.4 is 10.2 Å². The largest absolute Gasteiger partial charge is 0.373 e. The van der Waals surface area contributed by atoms with Crippen molar-refractivity contribution in [1.29, 1.82) is 0 Å². The third-order valence-electron chi connectivity index (χ3n) is 7.60. The fourth-order valence-electron chi connectivity index (χ4n) is 5.18. The van der Waals surface area contributed by atoms with Crippen molar-refractivity contribution >= 4 is 17.4 Å². The van der Waals surface area contributed by atoms with Gasteiger partial charge in [-0.05, 0) is 80.1 Å². The van der Waals surface area contributed by atoms with Crippen LogP contribution in [0.3, 0.4) is 0 Å². The van der Waals surface area contributed by atoms with E-state index in [1.807, 2.05) is 44.4 Å². The summed E-state index contributed by atoms with van der Waals surface area (Å²) in [5, 5.41) is 3.06. The van der Waals surface area contributed by atoms with Crippen molar-refractivity contribution in [3.63, 3.8) is 0 Å². The van der Waals surface area contributed by atoms with Gasteiger partial charge in [0.1, 0.15) is 11.4 Å². The Balaban J connectivity index is 1.31. The molecule has 1 aromatic carbocycles. The van der Waals surface area contributed by atoms with Crippen LogP contribution >= 0.6 is 0 Å². The number of benzene rings is 1. The van der Waals surface area contributed by atoms with Gasteiger partial charge >= 0.3 is 0 Å². The van der Waals surface area contributed by atoms with Gasteiger partial charge in [0.15, 0.2) is 0 Å². The number of aromatic nitrogens is 2. The van der Waals surface area contributed by atoms with E-state index in [0.29, 0.717) is 12.6 Å². The molecule has 2 aromatic heterocycles. The first-order chi connectivity index (χ1) is 17.3. The number of carbonyl (C=O) groups is 1. The molecule has 7 nitrogen and oxygen atoms in total. The minimum Gasteiger partial charge on any atom is -0.373 e. The molecule has 36 heavy (non-hydrogen) atoms. The number of pyridine rings is 2. The van der Waals surface area contributed by atoms with Gasteiger partial charge in [0.25, 0.3) is 0 Å². The third-order valence-corrected chi connectivity index (χ3v) is 7.60. The number of para-hydroxylation sites is 1. The topological polar surface area (TPSA) is 70.6 Å². The average Bonchev–Trinajstić information content (AvgIpc) is 3.07. The number of nitrogens with one attached hydrogen (secondary N) is 1. The number of rotatable bonds is 5. The van der Waals surface area contributed by atoms with Crippen LogP contribution in [0.5, 0.6) is 0 Å². The van der Waals surface area contributed by atoms with E-state index in [0.717, 1.165) is 60.8 Å². The molecule has 0 radical (unpaired) electrons. The summed E-state index contributed by atoms with van der Waals surface area (Å²) < 4.78 is 5.65.